The van der Waals surface area contributed by atoms with E-state index in [1.165, 1.54) is 11.8 Å². The Labute approximate surface area is 160 Å². The van der Waals surface area contributed by atoms with Crippen molar-refractivity contribution < 1.29 is 8.42 Å². The van der Waals surface area contributed by atoms with Crippen LogP contribution in [0, 0.1) is 0 Å². The van der Waals surface area contributed by atoms with Gasteiger partial charge in [0.15, 0.2) is 0 Å². The van der Waals surface area contributed by atoms with Crippen LogP contribution in [0.4, 0.5) is 0 Å². The van der Waals surface area contributed by atoms with Crippen molar-refractivity contribution in [2.75, 3.05) is 6.54 Å². The monoisotopic (exact) mass is 403 g/mol. The predicted molar refractivity (Wildman–Crippen MR) is 105 cm³/mol. The average Bonchev–Trinajstić information content (AvgIpc) is 2.55. The third-order valence-electron chi connectivity index (χ3n) is 3.70. The number of hydrogen-bond donors (Lipinski definition) is 2. The summed E-state index contributed by atoms with van der Waals surface area (Å²) >= 11 is 5.69. The number of nitrogens with zero attached hydrogens (tertiary/aromatic N) is 1. The fourth-order valence-electron chi connectivity index (χ4n) is 2.22. The van der Waals surface area contributed by atoms with Crippen LogP contribution in [0.15, 0.2) is 42.6 Å². The third-order valence-corrected chi connectivity index (χ3v) is 5.24. The maximum absolute atomic E-state index is 12.1. The zero-order chi connectivity index (χ0) is 17.7. The highest BCUT2D eigenvalue weighted by atomic mass is 35.5. The average molecular weight is 404 g/mol. The van der Waals surface area contributed by atoms with E-state index in [4.69, 9.17) is 17.3 Å². The molecule has 25 heavy (non-hydrogen) atoms. The quantitative estimate of drug-likeness (QED) is 0.693. The lowest BCUT2D eigenvalue weighted by atomic mass is 9.99. The second-order valence-electron chi connectivity index (χ2n) is 6.02. The van der Waals surface area contributed by atoms with Gasteiger partial charge in [0.25, 0.3) is 0 Å². The fraction of sp³-hybridized carbons (Fsp3) is 0.353. The van der Waals surface area contributed by atoms with Gasteiger partial charge < -0.3 is 5.73 Å². The van der Waals surface area contributed by atoms with Crippen LogP contribution in [0.3, 0.4) is 0 Å². The number of sulfonamides is 1. The van der Waals surface area contributed by atoms with Gasteiger partial charge in [0.05, 0.1) is 5.75 Å². The van der Waals surface area contributed by atoms with Gasteiger partial charge in [-0.05, 0) is 28.7 Å². The Morgan fingerprint density at radius 3 is 2.24 bits per heavy atom. The number of nitrogens with two attached hydrogens (primary N) is 1. The highest BCUT2D eigenvalue weighted by molar-refractivity contribution is 7.88. The van der Waals surface area contributed by atoms with Crippen LogP contribution in [-0.4, -0.2) is 19.9 Å². The van der Waals surface area contributed by atoms with Crippen LogP contribution in [0.1, 0.15) is 42.5 Å². The number of nitrogens with one attached hydrogen (secondary N) is 1. The van der Waals surface area contributed by atoms with E-state index in [-0.39, 0.29) is 24.7 Å². The Morgan fingerprint density at radius 2 is 1.72 bits per heavy atom. The first kappa shape index (κ1) is 21.9. The summed E-state index contributed by atoms with van der Waals surface area (Å²) in [4.78, 5) is 3.88. The van der Waals surface area contributed by atoms with Crippen LogP contribution < -0.4 is 10.5 Å². The highest BCUT2D eigenvalue weighted by Gasteiger charge is 2.15. The fourth-order valence-corrected chi connectivity index (χ4v) is 3.48. The largest absolute Gasteiger partial charge is 0.323 e. The third kappa shape index (κ3) is 6.92. The van der Waals surface area contributed by atoms with Crippen molar-refractivity contribution in [1.29, 1.82) is 0 Å². The van der Waals surface area contributed by atoms with E-state index in [1.54, 1.807) is 12.1 Å². The maximum atomic E-state index is 12.1. The van der Waals surface area contributed by atoms with E-state index in [0.29, 0.717) is 16.6 Å². The van der Waals surface area contributed by atoms with Gasteiger partial charge in [0.1, 0.15) is 5.15 Å². The number of pyridine rings is 1. The van der Waals surface area contributed by atoms with E-state index in [2.05, 4.69) is 23.6 Å². The molecule has 1 unspecified atom stereocenters. The molecule has 0 spiro atoms. The molecule has 138 valence electrons. The van der Waals surface area contributed by atoms with Gasteiger partial charge >= 0.3 is 0 Å². The van der Waals surface area contributed by atoms with Gasteiger partial charge in [-0.2, -0.15) is 0 Å². The van der Waals surface area contributed by atoms with Crippen molar-refractivity contribution in [3.8, 4) is 0 Å². The second-order valence-corrected chi connectivity index (χ2v) is 8.22. The molecule has 8 heteroatoms. The Bertz CT molecular complexity index is 763. The number of rotatable bonds is 7. The van der Waals surface area contributed by atoms with Crippen LogP contribution in [0.5, 0.6) is 0 Å². The smallest absolute Gasteiger partial charge is 0.215 e. The molecule has 1 heterocycles. The van der Waals surface area contributed by atoms with Crippen molar-refractivity contribution in [2.24, 2.45) is 5.73 Å². The summed E-state index contributed by atoms with van der Waals surface area (Å²) in [6, 6.07) is 10.7. The molecule has 0 radical (unpaired) electrons. The molecule has 5 nitrogen and oxygen atoms in total. The molecule has 0 aliphatic heterocycles. The van der Waals surface area contributed by atoms with Gasteiger partial charge in [-0.25, -0.2) is 18.1 Å². The molecule has 0 saturated carbocycles. The molecule has 0 bridgehead atoms. The minimum Gasteiger partial charge on any atom is -0.323 e. The Hall–Kier alpha value is -1.18. The summed E-state index contributed by atoms with van der Waals surface area (Å²) in [6.07, 6.45) is 1.45. The lowest BCUT2D eigenvalue weighted by Gasteiger charge is -2.15. The van der Waals surface area contributed by atoms with E-state index < -0.39 is 16.1 Å². The summed E-state index contributed by atoms with van der Waals surface area (Å²) in [5.74, 6) is 0.290. The van der Waals surface area contributed by atoms with Crippen LogP contribution in [0.2, 0.25) is 5.15 Å². The van der Waals surface area contributed by atoms with E-state index in [1.807, 2.05) is 24.3 Å². The number of halogens is 2. The summed E-state index contributed by atoms with van der Waals surface area (Å²) in [5.41, 5.74) is 8.78. The van der Waals surface area contributed by atoms with Gasteiger partial charge in [-0.15, -0.1) is 12.4 Å². The zero-order valence-corrected chi connectivity index (χ0v) is 16.5. The van der Waals surface area contributed by atoms with Crippen molar-refractivity contribution >= 4 is 34.0 Å². The zero-order valence-electron chi connectivity index (χ0n) is 14.1. The molecular formula is C17H23Cl2N3O2S. The van der Waals surface area contributed by atoms with Gasteiger partial charge in [0.2, 0.25) is 10.0 Å². The Kier molecular flexibility index (Phi) is 8.31. The minimum absolute atomic E-state index is 0. The van der Waals surface area contributed by atoms with Crippen LogP contribution >= 0.6 is 24.0 Å². The molecule has 0 fully saturated rings. The first-order chi connectivity index (χ1) is 11.3. The van der Waals surface area contributed by atoms with Gasteiger partial charge in [0, 0.05) is 18.8 Å². The summed E-state index contributed by atoms with van der Waals surface area (Å²) in [7, 11) is -3.49. The summed E-state index contributed by atoms with van der Waals surface area (Å²) in [6.45, 7) is 4.38. The topological polar surface area (TPSA) is 85.1 Å². The lowest BCUT2D eigenvalue weighted by molar-refractivity contribution is 0.571. The van der Waals surface area contributed by atoms with Crippen LogP contribution in [0.25, 0.3) is 0 Å². The summed E-state index contributed by atoms with van der Waals surface area (Å²) in [5, 5.41) is 0.330. The van der Waals surface area contributed by atoms with Gasteiger partial charge in [-0.1, -0.05) is 55.8 Å². The number of hydrogen-bond acceptors (Lipinski definition) is 4. The highest BCUT2D eigenvalue weighted by Crippen LogP contribution is 2.17. The normalized spacial score (nSPS) is 12.7. The van der Waals surface area contributed by atoms with E-state index >= 15 is 0 Å². The summed E-state index contributed by atoms with van der Waals surface area (Å²) < 4.78 is 26.8. The molecule has 0 amide bonds. The first-order valence-electron chi connectivity index (χ1n) is 7.70. The molecule has 1 aromatic heterocycles. The molecule has 2 rings (SSSR count). The van der Waals surface area contributed by atoms with Crippen molar-refractivity contribution in [2.45, 2.75) is 31.6 Å². The van der Waals surface area contributed by atoms with E-state index in [9.17, 15) is 8.42 Å². The standard InChI is InChI=1S/C17H22ClN3O2S.ClH/c1-12(2)14-4-6-15(7-5-14)16(19)10-21-24(22,23)11-13-3-8-17(18)20-9-13;/h3-9,12,16,21H,10-11,19H2,1-2H3;1H. The molecule has 0 aliphatic carbocycles. The van der Waals surface area contributed by atoms with E-state index in [0.717, 1.165) is 5.56 Å². The molecule has 0 aliphatic rings. The second kappa shape index (κ2) is 9.50. The van der Waals surface area contributed by atoms with Crippen molar-refractivity contribution in [3.63, 3.8) is 0 Å². The Morgan fingerprint density at radius 1 is 1.12 bits per heavy atom. The molecular weight excluding hydrogens is 381 g/mol. The molecule has 1 aromatic carbocycles. The molecule has 1 atom stereocenters. The van der Waals surface area contributed by atoms with Crippen LogP contribution in [-0.2, 0) is 15.8 Å². The molecule has 2 aromatic rings. The maximum Gasteiger partial charge on any atom is 0.215 e. The van der Waals surface area contributed by atoms with Crippen molar-refractivity contribution in [1.82, 2.24) is 9.71 Å². The Balaban J connectivity index is 0.00000312. The predicted octanol–water partition coefficient (Wildman–Crippen LogP) is 3.40. The minimum atomic E-state index is -3.49. The number of aromatic nitrogens is 1. The van der Waals surface area contributed by atoms with Crippen molar-refractivity contribution in [3.05, 3.63) is 64.4 Å². The lowest BCUT2D eigenvalue weighted by Crippen LogP contribution is -2.32. The first-order valence-corrected chi connectivity index (χ1v) is 9.73. The SMILES string of the molecule is CC(C)c1ccc(C(N)CNS(=O)(=O)Cc2ccc(Cl)nc2)cc1.Cl. The molecule has 3 N–H and O–H groups in total. The number of benzene rings is 1. The van der Waals surface area contributed by atoms with Gasteiger partial charge in [-0.3, -0.25) is 0 Å². The molecule has 0 saturated heterocycles.